The first-order chi connectivity index (χ1) is 15.2. The van der Waals surface area contributed by atoms with Crippen molar-refractivity contribution in [3.63, 3.8) is 0 Å². The summed E-state index contributed by atoms with van der Waals surface area (Å²) in [6.45, 7) is 6.29. The van der Waals surface area contributed by atoms with Gasteiger partial charge in [-0.05, 0) is 30.4 Å². The van der Waals surface area contributed by atoms with Crippen LogP contribution in [0.25, 0.3) is 10.2 Å². The summed E-state index contributed by atoms with van der Waals surface area (Å²) in [5.74, 6) is 1.20. The molecule has 2 aromatic rings. The molecule has 9 heteroatoms. The van der Waals surface area contributed by atoms with E-state index >= 15 is 0 Å². The van der Waals surface area contributed by atoms with Crippen molar-refractivity contribution < 1.29 is 18.3 Å². The van der Waals surface area contributed by atoms with Crippen LogP contribution >= 0.6 is 11.3 Å². The number of aliphatic hydroxyl groups excluding tert-OH is 1. The molecule has 32 heavy (non-hydrogen) atoms. The Morgan fingerprint density at radius 3 is 2.84 bits per heavy atom. The summed E-state index contributed by atoms with van der Waals surface area (Å²) < 4.78 is 38.5. The maximum absolute atomic E-state index is 12.8. The van der Waals surface area contributed by atoms with Crippen LogP contribution in [0.2, 0.25) is 0 Å². The van der Waals surface area contributed by atoms with Crippen molar-refractivity contribution in [1.82, 2.24) is 14.9 Å². The number of hydrogen-bond donors (Lipinski definition) is 1. The van der Waals surface area contributed by atoms with Crippen molar-refractivity contribution >= 4 is 27.4 Å². The first kappa shape index (κ1) is 21.9. The molecule has 1 spiro atoms. The normalized spacial score (nSPS) is 24.2. The summed E-state index contributed by atoms with van der Waals surface area (Å²) in [5, 5.41) is 11.3. The van der Waals surface area contributed by atoms with Gasteiger partial charge in [-0.15, -0.1) is 11.3 Å². The molecule has 2 saturated heterocycles. The van der Waals surface area contributed by atoms with Gasteiger partial charge in [0.25, 0.3) is 0 Å². The van der Waals surface area contributed by atoms with Crippen LogP contribution in [0, 0.1) is 11.3 Å². The van der Waals surface area contributed by atoms with E-state index in [2.05, 4.69) is 38.8 Å². The van der Waals surface area contributed by atoms with Crippen molar-refractivity contribution in [2.75, 3.05) is 37.6 Å². The zero-order valence-electron chi connectivity index (χ0n) is 18.0. The molecule has 2 atom stereocenters. The van der Waals surface area contributed by atoms with Crippen LogP contribution in [-0.4, -0.2) is 65.0 Å². The molecular weight excluding hydrogens is 437 g/mol. The lowest BCUT2D eigenvalue weighted by molar-refractivity contribution is -0.126. The molecule has 2 aromatic heterocycles. The number of β-amino-alcohol motifs (C(OH)–C–C–N with tert-alkyl or cyclic N) is 1. The van der Waals surface area contributed by atoms with Gasteiger partial charge in [0.15, 0.2) is 0 Å². The molecule has 3 aliphatic rings. The second-order valence-corrected chi connectivity index (χ2v) is 10.7. The van der Waals surface area contributed by atoms with E-state index in [1.54, 1.807) is 6.07 Å². The predicted octanol–water partition coefficient (Wildman–Crippen LogP) is 4.19. The van der Waals surface area contributed by atoms with Gasteiger partial charge in [0.2, 0.25) is 0 Å². The minimum absolute atomic E-state index is 0.159. The molecule has 1 unspecified atom stereocenters. The third kappa shape index (κ3) is 4.43. The Balaban J connectivity index is 1.23. The predicted molar refractivity (Wildman–Crippen MR) is 120 cm³/mol. The van der Waals surface area contributed by atoms with Crippen molar-refractivity contribution in [3.8, 4) is 0 Å². The summed E-state index contributed by atoms with van der Waals surface area (Å²) in [6, 6.07) is 1.60. The number of rotatable bonds is 5. The Morgan fingerprint density at radius 2 is 2.09 bits per heavy atom. The highest BCUT2D eigenvalue weighted by molar-refractivity contribution is 7.18. The van der Waals surface area contributed by atoms with Crippen molar-refractivity contribution in [2.24, 2.45) is 11.3 Å². The molecular formula is C23H27F3N4OS. The number of halogens is 3. The maximum Gasteiger partial charge on any atom is 0.393 e. The molecule has 0 bridgehead atoms. The quantitative estimate of drug-likeness (QED) is 0.719. The van der Waals surface area contributed by atoms with Gasteiger partial charge in [0.05, 0.1) is 17.9 Å². The SMILES string of the molecule is CC1C=C([C@@H](O)CN2CC3(CCN(c4ncnc5sc(CC(F)(F)F)cc45)C3)C2)C=CC1. The van der Waals surface area contributed by atoms with Gasteiger partial charge in [0.1, 0.15) is 17.0 Å². The summed E-state index contributed by atoms with van der Waals surface area (Å²) in [5.41, 5.74) is 1.17. The fourth-order valence-corrected chi connectivity index (χ4v) is 6.30. The number of allylic oxidation sites excluding steroid dienone is 2. The molecule has 1 aliphatic carbocycles. The highest BCUT2D eigenvalue weighted by Crippen LogP contribution is 2.43. The van der Waals surface area contributed by atoms with Gasteiger partial charge in [-0.3, -0.25) is 4.90 Å². The molecule has 0 radical (unpaired) electrons. The molecule has 1 N–H and O–H groups in total. The summed E-state index contributed by atoms with van der Waals surface area (Å²) in [6.07, 6.45) is 4.18. The van der Waals surface area contributed by atoms with Crippen LogP contribution in [0.1, 0.15) is 24.6 Å². The Kier molecular flexibility index (Phi) is 5.54. The number of likely N-dealkylation sites (tertiary alicyclic amines) is 1. The topological polar surface area (TPSA) is 52.5 Å². The number of aromatic nitrogens is 2. The molecule has 0 amide bonds. The summed E-state index contributed by atoms with van der Waals surface area (Å²) in [4.78, 5) is 14.0. The van der Waals surface area contributed by atoms with Gasteiger partial charge >= 0.3 is 6.18 Å². The number of thiophene rings is 1. The number of hydrogen-bond acceptors (Lipinski definition) is 6. The Labute approximate surface area is 189 Å². The smallest absolute Gasteiger partial charge is 0.387 e. The molecule has 5 nitrogen and oxygen atoms in total. The lowest BCUT2D eigenvalue weighted by Crippen LogP contribution is -2.59. The third-order valence-corrected chi connectivity index (χ3v) is 7.74. The van der Waals surface area contributed by atoms with Gasteiger partial charge < -0.3 is 10.0 Å². The molecule has 0 saturated carbocycles. The van der Waals surface area contributed by atoms with Crippen LogP contribution in [-0.2, 0) is 6.42 Å². The largest absolute Gasteiger partial charge is 0.393 e. The van der Waals surface area contributed by atoms with E-state index in [4.69, 9.17) is 0 Å². The van der Waals surface area contributed by atoms with Crippen LogP contribution in [0.4, 0.5) is 19.0 Å². The number of fused-ring (bicyclic) bond motifs is 1. The Bertz CT molecular complexity index is 1060. The third-order valence-electron chi connectivity index (χ3n) is 6.70. The molecule has 5 rings (SSSR count). The highest BCUT2D eigenvalue weighted by atomic mass is 32.1. The number of alkyl halides is 3. The van der Waals surface area contributed by atoms with Crippen LogP contribution < -0.4 is 4.90 Å². The maximum atomic E-state index is 12.8. The average Bonchev–Trinajstić information content (AvgIpc) is 3.30. The number of aliphatic hydroxyl groups is 1. The van der Waals surface area contributed by atoms with Gasteiger partial charge in [-0.25, -0.2) is 9.97 Å². The first-order valence-corrected chi connectivity index (χ1v) is 11.9. The number of nitrogens with zero attached hydrogens (tertiary/aromatic N) is 4. The van der Waals surface area contributed by atoms with E-state index in [0.717, 1.165) is 61.7 Å². The number of anilines is 1. The van der Waals surface area contributed by atoms with E-state index < -0.39 is 18.7 Å². The van der Waals surface area contributed by atoms with Crippen LogP contribution in [0.5, 0.6) is 0 Å². The standard InChI is InChI=1S/C23H27F3N4OS/c1-15-3-2-4-16(7-15)19(31)10-29-11-22(12-29)5-6-30(13-22)20-18-8-17(9-23(24,25)26)32-21(18)28-14-27-20/h2,4,7-8,14-15,19,31H,3,5-6,9-13H2,1H3/t15?,19-/m0/s1. The molecule has 2 aliphatic heterocycles. The highest BCUT2D eigenvalue weighted by Gasteiger charge is 2.48. The fraction of sp³-hybridized carbons (Fsp3) is 0.565. The zero-order chi connectivity index (χ0) is 22.5. The first-order valence-electron chi connectivity index (χ1n) is 11.0. The molecule has 2 fully saturated rings. The Hall–Kier alpha value is -1.97. The van der Waals surface area contributed by atoms with Gasteiger partial charge in [-0.2, -0.15) is 13.2 Å². The molecule has 172 valence electrons. The average molecular weight is 465 g/mol. The van der Waals surface area contributed by atoms with Crippen molar-refractivity contribution in [1.29, 1.82) is 0 Å². The molecule has 4 heterocycles. The van der Waals surface area contributed by atoms with Crippen LogP contribution in [0.15, 0.2) is 36.2 Å². The van der Waals surface area contributed by atoms with E-state index in [1.807, 2.05) is 6.08 Å². The minimum atomic E-state index is -4.23. The molecule has 0 aromatic carbocycles. The van der Waals surface area contributed by atoms with Crippen molar-refractivity contribution in [2.45, 2.75) is 38.5 Å². The lowest BCUT2D eigenvalue weighted by Gasteiger charge is -2.49. The second-order valence-electron chi connectivity index (χ2n) is 9.56. The monoisotopic (exact) mass is 464 g/mol. The van der Waals surface area contributed by atoms with E-state index in [9.17, 15) is 18.3 Å². The zero-order valence-corrected chi connectivity index (χ0v) is 18.8. The fourth-order valence-electron chi connectivity index (χ4n) is 5.28. The summed E-state index contributed by atoms with van der Waals surface area (Å²) >= 11 is 1.09. The van der Waals surface area contributed by atoms with Crippen LogP contribution in [0.3, 0.4) is 0 Å². The Morgan fingerprint density at radius 1 is 1.28 bits per heavy atom. The second kappa shape index (κ2) is 8.11. The van der Waals surface area contributed by atoms with E-state index in [1.165, 1.54) is 6.33 Å². The minimum Gasteiger partial charge on any atom is -0.387 e. The van der Waals surface area contributed by atoms with Crippen molar-refractivity contribution in [3.05, 3.63) is 41.1 Å². The van der Waals surface area contributed by atoms with E-state index in [-0.39, 0.29) is 10.3 Å². The lowest BCUT2D eigenvalue weighted by atomic mass is 9.78. The van der Waals surface area contributed by atoms with Gasteiger partial charge in [0, 0.05) is 43.0 Å². The van der Waals surface area contributed by atoms with E-state index in [0.29, 0.717) is 22.7 Å². The summed E-state index contributed by atoms with van der Waals surface area (Å²) in [7, 11) is 0. The van der Waals surface area contributed by atoms with Gasteiger partial charge in [-0.1, -0.05) is 25.2 Å².